The van der Waals surface area contributed by atoms with Gasteiger partial charge < -0.3 is 10.1 Å². The van der Waals surface area contributed by atoms with Crippen molar-refractivity contribution in [2.75, 3.05) is 18.5 Å². The number of hydrogen-bond donors (Lipinski definition) is 1. The maximum atomic E-state index is 13.2. The van der Waals surface area contributed by atoms with Crippen molar-refractivity contribution >= 4 is 22.7 Å². The molecule has 29 heavy (non-hydrogen) atoms. The van der Waals surface area contributed by atoms with Crippen LogP contribution in [0, 0.1) is 0 Å². The maximum Gasteiger partial charge on any atom is 0.451 e. The highest BCUT2D eigenvalue weighted by molar-refractivity contribution is 5.97. The van der Waals surface area contributed by atoms with Crippen LogP contribution in [0.1, 0.15) is 35.1 Å². The van der Waals surface area contributed by atoms with Crippen LogP contribution in [0.15, 0.2) is 48.5 Å². The first kappa shape index (κ1) is 20.6. The van der Waals surface area contributed by atoms with Gasteiger partial charge in [0, 0.05) is 11.9 Å². The van der Waals surface area contributed by atoms with Crippen LogP contribution in [-0.2, 0) is 17.3 Å². The predicted molar refractivity (Wildman–Crippen MR) is 104 cm³/mol. The molecule has 0 atom stereocenters. The molecule has 1 N–H and O–H groups in total. The molecule has 0 saturated heterocycles. The second-order valence-corrected chi connectivity index (χ2v) is 6.36. The van der Waals surface area contributed by atoms with Crippen molar-refractivity contribution in [3.05, 3.63) is 65.5 Å². The van der Waals surface area contributed by atoms with Gasteiger partial charge in [-0.25, -0.2) is 14.8 Å². The normalized spacial score (nSPS) is 11.4. The SMILES string of the molecule is CCOC(=O)c1ccc2nc(C(F)(F)F)nc(NCCCc3ccccc3)c2c1. The summed E-state index contributed by atoms with van der Waals surface area (Å²) in [6.07, 6.45) is -3.19. The van der Waals surface area contributed by atoms with Gasteiger partial charge in [0.05, 0.1) is 17.7 Å². The van der Waals surface area contributed by atoms with Gasteiger partial charge in [-0.2, -0.15) is 13.2 Å². The summed E-state index contributed by atoms with van der Waals surface area (Å²) in [5.41, 5.74) is 1.48. The molecule has 0 spiro atoms. The number of aromatic nitrogens is 2. The number of halogens is 3. The molecule has 1 heterocycles. The third kappa shape index (κ3) is 5.22. The second-order valence-electron chi connectivity index (χ2n) is 6.36. The minimum Gasteiger partial charge on any atom is -0.462 e. The lowest BCUT2D eigenvalue weighted by Crippen LogP contribution is -2.15. The summed E-state index contributed by atoms with van der Waals surface area (Å²) >= 11 is 0. The van der Waals surface area contributed by atoms with E-state index >= 15 is 0 Å². The fourth-order valence-electron chi connectivity index (χ4n) is 2.88. The third-order valence-electron chi connectivity index (χ3n) is 4.24. The summed E-state index contributed by atoms with van der Waals surface area (Å²) in [5.74, 6) is -1.73. The predicted octanol–water partition coefficient (Wildman–Crippen LogP) is 4.87. The number of esters is 1. The number of carbonyl (C=O) groups is 1. The Morgan fingerprint density at radius 2 is 1.86 bits per heavy atom. The summed E-state index contributed by atoms with van der Waals surface area (Å²) < 4.78 is 44.5. The van der Waals surface area contributed by atoms with Crippen molar-refractivity contribution in [3.8, 4) is 0 Å². The topological polar surface area (TPSA) is 64.1 Å². The van der Waals surface area contributed by atoms with Crippen LogP contribution in [0.2, 0.25) is 0 Å². The molecule has 152 valence electrons. The quantitative estimate of drug-likeness (QED) is 0.450. The van der Waals surface area contributed by atoms with Crippen molar-refractivity contribution in [1.29, 1.82) is 0 Å². The van der Waals surface area contributed by atoms with Crippen LogP contribution in [-0.4, -0.2) is 29.1 Å². The van der Waals surface area contributed by atoms with Gasteiger partial charge in [-0.1, -0.05) is 30.3 Å². The number of aryl methyl sites for hydroxylation is 1. The van der Waals surface area contributed by atoms with E-state index in [4.69, 9.17) is 4.74 Å². The Labute approximate surface area is 165 Å². The molecule has 5 nitrogen and oxygen atoms in total. The fourth-order valence-corrected chi connectivity index (χ4v) is 2.88. The molecule has 8 heteroatoms. The van der Waals surface area contributed by atoms with Crippen molar-refractivity contribution < 1.29 is 22.7 Å². The lowest BCUT2D eigenvalue weighted by molar-refractivity contribution is -0.144. The fraction of sp³-hybridized carbons (Fsp3) is 0.286. The molecule has 1 aromatic heterocycles. The van der Waals surface area contributed by atoms with Crippen molar-refractivity contribution in [3.63, 3.8) is 0 Å². The van der Waals surface area contributed by atoms with E-state index in [9.17, 15) is 18.0 Å². The highest BCUT2D eigenvalue weighted by Crippen LogP contribution is 2.31. The summed E-state index contributed by atoms with van der Waals surface area (Å²) in [5, 5.41) is 3.30. The molecule has 3 aromatic rings. The number of fused-ring (bicyclic) bond motifs is 1. The standard InChI is InChI=1S/C21H20F3N3O2/c1-2-29-19(28)15-10-11-17-16(13-15)18(27-20(26-17)21(22,23)24)25-12-6-9-14-7-4-3-5-8-14/h3-5,7-8,10-11,13H,2,6,9,12H2,1H3,(H,25,26,27). The molecule has 0 aliphatic carbocycles. The Hall–Kier alpha value is -3.16. The number of nitrogens with zero attached hydrogens (tertiary/aromatic N) is 2. The molecule has 2 aromatic carbocycles. The highest BCUT2D eigenvalue weighted by atomic mass is 19.4. The Morgan fingerprint density at radius 3 is 2.55 bits per heavy atom. The first-order chi connectivity index (χ1) is 13.9. The van der Waals surface area contributed by atoms with Crippen LogP contribution in [0.4, 0.5) is 19.0 Å². The summed E-state index contributed by atoms with van der Waals surface area (Å²) in [6, 6.07) is 14.0. The Morgan fingerprint density at radius 1 is 1.10 bits per heavy atom. The molecule has 0 saturated carbocycles. The van der Waals surface area contributed by atoms with Crippen LogP contribution >= 0.6 is 0 Å². The zero-order valence-corrected chi connectivity index (χ0v) is 15.8. The van der Waals surface area contributed by atoms with Crippen molar-refractivity contribution in [2.24, 2.45) is 0 Å². The first-order valence-corrected chi connectivity index (χ1v) is 9.22. The molecule has 0 aliphatic rings. The third-order valence-corrected chi connectivity index (χ3v) is 4.24. The minimum atomic E-state index is -4.67. The zero-order valence-electron chi connectivity index (χ0n) is 15.8. The van der Waals surface area contributed by atoms with Gasteiger partial charge in [0.25, 0.3) is 0 Å². The van der Waals surface area contributed by atoms with Crippen LogP contribution < -0.4 is 5.32 Å². The number of rotatable bonds is 7. The van der Waals surface area contributed by atoms with Gasteiger partial charge in [-0.3, -0.25) is 0 Å². The van der Waals surface area contributed by atoms with E-state index in [1.807, 2.05) is 30.3 Å². The van der Waals surface area contributed by atoms with Crippen LogP contribution in [0.5, 0.6) is 0 Å². The molecular formula is C21H20F3N3O2. The van der Waals surface area contributed by atoms with E-state index in [1.54, 1.807) is 6.92 Å². The van der Waals surface area contributed by atoms with Gasteiger partial charge in [0.1, 0.15) is 5.82 Å². The average Bonchev–Trinajstić information content (AvgIpc) is 2.71. The number of anilines is 1. The maximum absolute atomic E-state index is 13.2. The Balaban J connectivity index is 1.86. The van der Waals surface area contributed by atoms with Crippen molar-refractivity contribution in [1.82, 2.24) is 9.97 Å². The lowest BCUT2D eigenvalue weighted by atomic mass is 10.1. The highest BCUT2D eigenvalue weighted by Gasteiger charge is 2.35. The molecule has 0 unspecified atom stereocenters. The molecule has 0 bridgehead atoms. The van der Waals surface area contributed by atoms with E-state index in [0.717, 1.165) is 12.0 Å². The van der Waals surface area contributed by atoms with E-state index < -0.39 is 18.0 Å². The largest absolute Gasteiger partial charge is 0.462 e. The summed E-state index contributed by atoms with van der Waals surface area (Å²) in [7, 11) is 0. The first-order valence-electron chi connectivity index (χ1n) is 9.22. The number of benzene rings is 2. The average molecular weight is 403 g/mol. The molecule has 3 rings (SSSR count). The molecule has 0 aliphatic heterocycles. The van der Waals surface area contributed by atoms with Gasteiger partial charge >= 0.3 is 12.1 Å². The number of ether oxygens (including phenoxy) is 1. The molecule has 0 amide bonds. The van der Waals surface area contributed by atoms with E-state index in [2.05, 4.69) is 15.3 Å². The van der Waals surface area contributed by atoms with Crippen LogP contribution in [0.25, 0.3) is 10.9 Å². The molecule has 0 fully saturated rings. The molecule has 0 radical (unpaired) electrons. The Bertz CT molecular complexity index is 992. The number of nitrogens with one attached hydrogen (secondary N) is 1. The van der Waals surface area contributed by atoms with Gasteiger partial charge in [0.15, 0.2) is 0 Å². The van der Waals surface area contributed by atoms with Crippen molar-refractivity contribution in [2.45, 2.75) is 25.9 Å². The van der Waals surface area contributed by atoms with Gasteiger partial charge in [-0.15, -0.1) is 0 Å². The van der Waals surface area contributed by atoms with Crippen LogP contribution in [0.3, 0.4) is 0 Å². The molecular weight excluding hydrogens is 383 g/mol. The monoisotopic (exact) mass is 403 g/mol. The van der Waals surface area contributed by atoms with E-state index in [1.165, 1.54) is 18.2 Å². The summed E-state index contributed by atoms with van der Waals surface area (Å²) in [6.45, 7) is 2.30. The summed E-state index contributed by atoms with van der Waals surface area (Å²) in [4.78, 5) is 19.2. The number of hydrogen-bond acceptors (Lipinski definition) is 5. The zero-order chi connectivity index (χ0) is 20.9. The Kier molecular flexibility index (Phi) is 6.31. The number of carbonyl (C=O) groups excluding carboxylic acids is 1. The smallest absolute Gasteiger partial charge is 0.451 e. The lowest BCUT2D eigenvalue weighted by Gasteiger charge is -2.13. The van der Waals surface area contributed by atoms with Gasteiger partial charge in [-0.05, 0) is 43.5 Å². The van der Waals surface area contributed by atoms with Gasteiger partial charge in [0.2, 0.25) is 5.82 Å². The second kappa shape index (κ2) is 8.89. The van der Waals surface area contributed by atoms with E-state index in [-0.39, 0.29) is 23.5 Å². The number of alkyl halides is 3. The minimum absolute atomic E-state index is 0.0431. The van der Waals surface area contributed by atoms with E-state index in [0.29, 0.717) is 18.4 Å².